The predicted octanol–water partition coefficient (Wildman–Crippen LogP) is 2.50. The number of likely N-dealkylation sites (N-methyl/N-ethyl adjacent to an activating group) is 1. The van der Waals surface area contributed by atoms with Gasteiger partial charge in [0.1, 0.15) is 0 Å². The highest BCUT2D eigenvalue weighted by molar-refractivity contribution is 5.46. The summed E-state index contributed by atoms with van der Waals surface area (Å²) in [7, 11) is 2.20. The maximum absolute atomic E-state index is 3.61. The van der Waals surface area contributed by atoms with Crippen LogP contribution in [0.5, 0.6) is 0 Å². The summed E-state index contributed by atoms with van der Waals surface area (Å²) in [6.07, 6.45) is 2.60. The minimum Gasteiger partial charge on any atom is -0.381 e. The summed E-state index contributed by atoms with van der Waals surface area (Å²) in [6, 6.07) is 9.24. The molecule has 0 amide bonds. The van der Waals surface area contributed by atoms with Crippen LogP contribution in [-0.4, -0.2) is 31.1 Å². The molecule has 2 rings (SSSR count). The summed E-state index contributed by atoms with van der Waals surface area (Å²) in [5, 5.41) is 3.61. The van der Waals surface area contributed by atoms with Crippen molar-refractivity contribution in [3.63, 3.8) is 0 Å². The standard InChI is InChI=1S/C13H20N2/c1-11-5-3-6-12(9-11)14-13-7-4-8-15(2)10-13/h3,5-6,9,13-14H,4,7-8,10H2,1-2H3. The van der Waals surface area contributed by atoms with Gasteiger partial charge in [-0.25, -0.2) is 0 Å². The van der Waals surface area contributed by atoms with E-state index in [-0.39, 0.29) is 0 Å². The largest absolute Gasteiger partial charge is 0.381 e. The van der Waals surface area contributed by atoms with Gasteiger partial charge in [0, 0.05) is 18.3 Å². The SMILES string of the molecule is Cc1cccc(NC2CCCN(C)C2)c1. The lowest BCUT2D eigenvalue weighted by molar-refractivity contribution is 0.261. The first-order chi connectivity index (χ1) is 7.24. The van der Waals surface area contributed by atoms with Crippen LogP contribution in [0.25, 0.3) is 0 Å². The fourth-order valence-corrected chi connectivity index (χ4v) is 2.25. The second-order valence-corrected chi connectivity index (χ2v) is 4.62. The molecule has 1 N–H and O–H groups in total. The molecule has 1 aromatic rings. The van der Waals surface area contributed by atoms with Crippen molar-refractivity contribution in [2.75, 3.05) is 25.5 Å². The van der Waals surface area contributed by atoms with Crippen LogP contribution in [0.1, 0.15) is 18.4 Å². The maximum Gasteiger partial charge on any atom is 0.0388 e. The molecule has 0 aliphatic carbocycles. The van der Waals surface area contributed by atoms with E-state index in [4.69, 9.17) is 0 Å². The Hall–Kier alpha value is -1.02. The molecule has 0 aromatic heterocycles. The van der Waals surface area contributed by atoms with Gasteiger partial charge >= 0.3 is 0 Å². The van der Waals surface area contributed by atoms with E-state index in [1.54, 1.807) is 0 Å². The number of anilines is 1. The molecule has 1 unspecified atom stereocenters. The van der Waals surface area contributed by atoms with Gasteiger partial charge in [0.25, 0.3) is 0 Å². The molecule has 1 saturated heterocycles. The van der Waals surface area contributed by atoms with Crippen molar-refractivity contribution in [2.45, 2.75) is 25.8 Å². The monoisotopic (exact) mass is 204 g/mol. The molecule has 1 aliphatic heterocycles. The first-order valence-electron chi connectivity index (χ1n) is 5.76. The third kappa shape index (κ3) is 2.96. The van der Waals surface area contributed by atoms with Crippen LogP contribution in [0.2, 0.25) is 0 Å². The Bertz CT molecular complexity index is 322. The van der Waals surface area contributed by atoms with Crippen LogP contribution >= 0.6 is 0 Å². The van der Waals surface area contributed by atoms with E-state index in [1.807, 2.05) is 0 Å². The average Bonchev–Trinajstić information content (AvgIpc) is 2.17. The number of nitrogens with one attached hydrogen (secondary N) is 1. The van der Waals surface area contributed by atoms with Crippen molar-refractivity contribution in [2.24, 2.45) is 0 Å². The van der Waals surface area contributed by atoms with Gasteiger partial charge in [-0.15, -0.1) is 0 Å². The molecule has 0 saturated carbocycles. The van der Waals surface area contributed by atoms with Crippen molar-refractivity contribution >= 4 is 5.69 Å². The van der Waals surface area contributed by atoms with E-state index in [9.17, 15) is 0 Å². The van der Waals surface area contributed by atoms with E-state index >= 15 is 0 Å². The van der Waals surface area contributed by atoms with Gasteiger partial charge in [0.05, 0.1) is 0 Å². The summed E-state index contributed by atoms with van der Waals surface area (Å²) < 4.78 is 0. The van der Waals surface area contributed by atoms with Crippen molar-refractivity contribution in [1.29, 1.82) is 0 Å². The molecule has 1 aliphatic rings. The highest BCUT2D eigenvalue weighted by atomic mass is 15.1. The summed E-state index contributed by atoms with van der Waals surface area (Å²) in [5.41, 5.74) is 2.58. The van der Waals surface area contributed by atoms with E-state index in [1.165, 1.54) is 30.6 Å². The Morgan fingerprint density at radius 2 is 2.27 bits per heavy atom. The average molecular weight is 204 g/mol. The Balaban J connectivity index is 1.96. The normalized spacial score (nSPS) is 22.7. The first-order valence-corrected chi connectivity index (χ1v) is 5.76. The lowest BCUT2D eigenvalue weighted by Gasteiger charge is -2.30. The fourth-order valence-electron chi connectivity index (χ4n) is 2.25. The van der Waals surface area contributed by atoms with Crippen LogP contribution < -0.4 is 5.32 Å². The van der Waals surface area contributed by atoms with Gasteiger partial charge in [-0.3, -0.25) is 0 Å². The minimum atomic E-state index is 0.616. The van der Waals surface area contributed by atoms with Crippen molar-refractivity contribution in [3.8, 4) is 0 Å². The molecule has 0 radical (unpaired) electrons. The Morgan fingerprint density at radius 1 is 1.40 bits per heavy atom. The molecule has 1 heterocycles. The van der Waals surface area contributed by atoms with Crippen LogP contribution in [0.3, 0.4) is 0 Å². The van der Waals surface area contributed by atoms with E-state index in [0.29, 0.717) is 6.04 Å². The Labute approximate surface area is 92.3 Å². The second kappa shape index (κ2) is 4.67. The van der Waals surface area contributed by atoms with Gasteiger partial charge in [-0.2, -0.15) is 0 Å². The second-order valence-electron chi connectivity index (χ2n) is 4.62. The fraction of sp³-hybridized carbons (Fsp3) is 0.538. The topological polar surface area (TPSA) is 15.3 Å². The molecule has 0 spiro atoms. The van der Waals surface area contributed by atoms with Crippen molar-refractivity contribution in [1.82, 2.24) is 4.90 Å². The number of piperidine rings is 1. The van der Waals surface area contributed by atoms with Gasteiger partial charge in [-0.1, -0.05) is 12.1 Å². The minimum absolute atomic E-state index is 0.616. The zero-order chi connectivity index (χ0) is 10.7. The van der Waals surface area contributed by atoms with Crippen LogP contribution in [-0.2, 0) is 0 Å². The number of benzene rings is 1. The number of likely N-dealkylation sites (tertiary alicyclic amines) is 1. The van der Waals surface area contributed by atoms with Gasteiger partial charge in [0.2, 0.25) is 0 Å². The van der Waals surface area contributed by atoms with Gasteiger partial charge < -0.3 is 10.2 Å². The van der Waals surface area contributed by atoms with Gasteiger partial charge in [0.15, 0.2) is 0 Å². The number of hydrogen-bond donors (Lipinski definition) is 1. The van der Waals surface area contributed by atoms with Crippen LogP contribution in [0.15, 0.2) is 24.3 Å². The molecule has 1 aromatic carbocycles. The molecule has 1 fully saturated rings. The number of hydrogen-bond acceptors (Lipinski definition) is 2. The van der Waals surface area contributed by atoms with E-state index in [2.05, 4.69) is 48.5 Å². The molecule has 82 valence electrons. The molecule has 0 bridgehead atoms. The van der Waals surface area contributed by atoms with Crippen LogP contribution in [0, 0.1) is 6.92 Å². The Morgan fingerprint density at radius 3 is 3.00 bits per heavy atom. The lowest BCUT2D eigenvalue weighted by atomic mass is 10.1. The lowest BCUT2D eigenvalue weighted by Crippen LogP contribution is -2.39. The molecular formula is C13H20N2. The highest BCUT2D eigenvalue weighted by Gasteiger charge is 2.16. The third-order valence-corrected chi connectivity index (χ3v) is 3.01. The molecule has 1 atom stereocenters. The molecule has 15 heavy (non-hydrogen) atoms. The number of aryl methyl sites for hydroxylation is 1. The van der Waals surface area contributed by atoms with E-state index in [0.717, 1.165) is 6.54 Å². The van der Waals surface area contributed by atoms with Crippen molar-refractivity contribution < 1.29 is 0 Å². The van der Waals surface area contributed by atoms with Crippen LogP contribution in [0.4, 0.5) is 5.69 Å². The molecular weight excluding hydrogens is 184 g/mol. The van der Waals surface area contributed by atoms with Crippen molar-refractivity contribution in [3.05, 3.63) is 29.8 Å². The summed E-state index contributed by atoms with van der Waals surface area (Å²) >= 11 is 0. The van der Waals surface area contributed by atoms with Gasteiger partial charge in [-0.05, 0) is 51.1 Å². The Kier molecular flexibility index (Phi) is 3.27. The predicted molar refractivity (Wildman–Crippen MR) is 65.3 cm³/mol. The highest BCUT2D eigenvalue weighted by Crippen LogP contribution is 2.16. The third-order valence-electron chi connectivity index (χ3n) is 3.01. The first kappa shape index (κ1) is 10.5. The molecule has 2 nitrogen and oxygen atoms in total. The summed E-state index contributed by atoms with van der Waals surface area (Å²) in [6.45, 7) is 4.54. The zero-order valence-electron chi connectivity index (χ0n) is 9.66. The smallest absolute Gasteiger partial charge is 0.0388 e. The summed E-state index contributed by atoms with van der Waals surface area (Å²) in [4.78, 5) is 2.40. The quantitative estimate of drug-likeness (QED) is 0.796. The summed E-state index contributed by atoms with van der Waals surface area (Å²) in [5.74, 6) is 0. The number of nitrogens with zero attached hydrogens (tertiary/aromatic N) is 1. The van der Waals surface area contributed by atoms with E-state index < -0.39 is 0 Å². The zero-order valence-corrected chi connectivity index (χ0v) is 9.66. The maximum atomic E-state index is 3.61. The number of rotatable bonds is 2. The molecule has 2 heteroatoms.